The molecule has 2 atom stereocenters. The van der Waals surface area contributed by atoms with E-state index in [1.54, 1.807) is 42.5 Å². The molecule has 0 bridgehead atoms. The maximum Gasteiger partial charge on any atom is 0.244 e. The molecule has 0 aromatic heterocycles. The fourth-order valence-electron chi connectivity index (χ4n) is 4.91. The van der Waals surface area contributed by atoms with Gasteiger partial charge in [0, 0.05) is 34.6 Å². The minimum Gasteiger partial charge on any atom is -0.489 e. The molecule has 0 saturated carbocycles. The van der Waals surface area contributed by atoms with E-state index in [1.807, 2.05) is 74.5 Å². The van der Waals surface area contributed by atoms with Crippen LogP contribution in [0, 0.1) is 0 Å². The van der Waals surface area contributed by atoms with E-state index in [0.29, 0.717) is 34.4 Å². The number of anilines is 1. The lowest BCUT2D eigenvalue weighted by Gasteiger charge is -2.34. The highest BCUT2D eigenvalue weighted by Crippen LogP contribution is 2.28. The standard InChI is InChI=1S/C36H39Cl2N3O5S/c1-4-26(2)39-36(43)34(22-27-12-7-5-8-13-27)40(23-31-32(37)16-11-17-33(31)38)35(42)24-41(47(3,44)45)29-18-20-30(21-19-29)46-25-28-14-9-6-10-15-28/h5-21,26,34H,4,22-25H2,1-3H3,(H,39,43)/t26-,34+/m1/s1. The summed E-state index contributed by atoms with van der Waals surface area (Å²) >= 11 is 13.1. The highest BCUT2D eigenvalue weighted by molar-refractivity contribution is 7.92. The van der Waals surface area contributed by atoms with Crippen LogP contribution in [-0.2, 0) is 39.2 Å². The van der Waals surface area contributed by atoms with Gasteiger partial charge in [0.05, 0.1) is 11.9 Å². The number of rotatable bonds is 15. The first-order valence-corrected chi connectivity index (χ1v) is 17.9. The molecule has 2 amide bonds. The van der Waals surface area contributed by atoms with Gasteiger partial charge in [-0.25, -0.2) is 8.42 Å². The number of carbonyl (C=O) groups excluding carboxylic acids is 2. The molecular formula is C36H39Cl2N3O5S. The average Bonchev–Trinajstić information content (AvgIpc) is 3.06. The van der Waals surface area contributed by atoms with Crippen LogP contribution in [0.4, 0.5) is 5.69 Å². The summed E-state index contributed by atoms with van der Waals surface area (Å²) in [7, 11) is -3.94. The Morgan fingerprint density at radius 2 is 1.40 bits per heavy atom. The molecule has 4 rings (SSSR count). The van der Waals surface area contributed by atoms with Crippen molar-refractivity contribution in [3.63, 3.8) is 0 Å². The predicted octanol–water partition coefficient (Wildman–Crippen LogP) is 6.89. The van der Waals surface area contributed by atoms with Crippen molar-refractivity contribution < 1.29 is 22.7 Å². The Hall–Kier alpha value is -4.05. The summed E-state index contributed by atoms with van der Waals surface area (Å²) in [5, 5.41) is 3.64. The number of sulfonamides is 1. The smallest absolute Gasteiger partial charge is 0.244 e. The second-order valence-corrected chi connectivity index (χ2v) is 14.0. The predicted molar refractivity (Wildman–Crippen MR) is 188 cm³/mol. The zero-order valence-corrected chi connectivity index (χ0v) is 28.9. The molecule has 0 saturated heterocycles. The topological polar surface area (TPSA) is 96.0 Å². The minimum absolute atomic E-state index is 0.118. The van der Waals surface area contributed by atoms with Crippen molar-refractivity contribution in [3.05, 3.63) is 130 Å². The van der Waals surface area contributed by atoms with Crippen molar-refractivity contribution >= 4 is 50.7 Å². The number of hydrogen-bond donors (Lipinski definition) is 1. The van der Waals surface area contributed by atoms with Gasteiger partial charge in [-0.05, 0) is 60.9 Å². The van der Waals surface area contributed by atoms with Gasteiger partial charge in [-0.1, -0.05) is 96.9 Å². The van der Waals surface area contributed by atoms with Crippen molar-refractivity contribution in [3.8, 4) is 5.75 Å². The van der Waals surface area contributed by atoms with Crippen LogP contribution in [0.15, 0.2) is 103 Å². The van der Waals surface area contributed by atoms with Gasteiger partial charge in [0.15, 0.2) is 0 Å². The summed E-state index contributed by atoms with van der Waals surface area (Å²) < 4.78 is 33.1. The Kier molecular flexibility index (Phi) is 12.7. The average molecular weight is 697 g/mol. The van der Waals surface area contributed by atoms with Gasteiger partial charge >= 0.3 is 0 Å². The molecule has 0 heterocycles. The molecule has 11 heteroatoms. The summed E-state index contributed by atoms with van der Waals surface area (Å²) in [6, 6.07) is 29.3. The number of benzene rings is 4. The van der Waals surface area contributed by atoms with Crippen LogP contribution in [0.5, 0.6) is 5.75 Å². The van der Waals surface area contributed by atoms with E-state index in [-0.39, 0.29) is 30.6 Å². The van der Waals surface area contributed by atoms with Crippen LogP contribution >= 0.6 is 23.2 Å². The van der Waals surface area contributed by atoms with Gasteiger partial charge in [0.25, 0.3) is 0 Å². The lowest BCUT2D eigenvalue weighted by molar-refractivity contribution is -0.140. The third-order valence-corrected chi connectivity index (χ3v) is 9.56. The molecule has 1 N–H and O–H groups in total. The Labute approximate surface area is 287 Å². The van der Waals surface area contributed by atoms with Gasteiger partial charge in [0.2, 0.25) is 21.8 Å². The van der Waals surface area contributed by atoms with E-state index in [0.717, 1.165) is 21.7 Å². The van der Waals surface area contributed by atoms with Crippen LogP contribution in [0.25, 0.3) is 0 Å². The summed E-state index contributed by atoms with van der Waals surface area (Å²) in [4.78, 5) is 29.6. The first-order chi connectivity index (χ1) is 22.5. The number of nitrogens with zero attached hydrogens (tertiary/aromatic N) is 2. The van der Waals surface area contributed by atoms with Crippen molar-refractivity contribution in [1.82, 2.24) is 10.2 Å². The number of carbonyl (C=O) groups is 2. The van der Waals surface area contributed by atoms with E-state index < -0.39 is 28.5 Å². The first-order valence-electron chi connectivity index (χ1n) is 15.3. The van der Waals surface area contributed by atoms with E-state index in [4.69, 9.17) is 27.9 Å². The minimum atomic E-state index is -3.94. The van der Waals surface area contributed by atoms with Gasteiger partial charge in [-0.3, -0.25) is 13.9 Å². The van der Waals surface area contributed by atoms with Crippen LogP contribution in [0.1, 0.15) is 37.0 Å². The van der Waals surface area contributed by atoms with E-state index in [2.05, 4.69) is 5.32 Å². The Morgan fingerprint density at radius 1 is 0.830 bits per heavy atom. The zero-order chi connectivity index (χ0) is 34.0. The number of hydrogen-bond acceptors (Lipinski definition) is 5. The lowest BCUT2D eigenvalue weighted by atomic mass is 10.0. The first kappa shape index (κ1) is 35.8. The van der Waals surface area contributed by atoms with Crippen LogP contribution in [0.3, 0.4) is 0 Å². The maximum absolute atomic E-state index is 14.3. The molecule has 0 aliphatic rings. The van der Waals surface area contributed by atoms with E-state index in [1.165, 1.54) is 4.90 Å². The molecule has 0 aliphatic heterocycles. The fraction of sp³-hybridized carbons (Fsp3) is 0.278. The normalized spacial score (nSPS) is 12.5. The van der Waals surface area contributed by atoms with Crippen LogP contribution in [-0.4, -0.2) is 50.0 Å². The largest absolute Gasteiger partial charge is 0.489 e. The molecule has 248 valence electrons. The van der Waals surface area contributed by atoms with Gasteiger partial charge in [-0.2, -0.15) is 0 Å². The molecule has 0 fully saturated rings. The summed E-state index contributed by atoms with van der Waals surface area (Å²) in [6.45, 7) is 3.49. The lowest BCUT2D eigenvalue weighted by Crippen LogP contribution is -2.54. The quantitative estimate of drug-likeness (QED) is 0.146. The summed E-state index contributed by atoms with van der Waals surface area (Å²) in [5.41, 5.74) is 2.53. The molecule has 4 aromatic carbocycles. The van der Waals surface area contributed by atoms with Crippen LogP contribution < -0.4 is 14.4 Å². The molecule has 8 nitrogen and oxygen atoms in total. The number of halogens is 2. The Balaban J connectivity index is 1.68. The van der Waals surface area contributed by atoms with Crippen molar-refractivity contribution in [2.45, 2.75) is 51.9 Å². The summed E-state index contributed by atoms with van der Waals surface area (Å²) in [6.07, 6.45) is 1.90. The summed E-state index contributed by atoms with van der Waals surface area (Å²) in [5.74, 6) is -0.432. The molecular weight excluding hydrogens is 657 g/mol. The highest BCUT2D eigenvalue weighted by Gasteiger charge is 2.34. The monoisotopic (exact) mass is 695 g/mol. The van der Waals surface area contributed by atoms with Crippen molar-refractivity contribution in [1.29, 1.82) is 0 Å². The third kappa shape index (κ3) is 10.2. The second kappa shape index (κ2) is 16.7. The Morgan fingerprint density at radius 3 is 1.96 bits per heavy atom. The number of ether oxygens (including phenoxy) is 1. The number of amides is 2. The SMILES string of the molecule is CC[C@@H](C)NC(=O)[C@H](Cc1ccccc1)N(Cc1c(Cl)cccc1Cl)C(=O)CN(c1ccc(OCc2ccccc2)cc1)S(C)(=O)=O. The molecule has 0 spiro atoms. The van der Waals surface area contributed by atoms with E-state index >= 15 is 0 Å². The van der Waals surface area contributed by atoms with Crippen molar-refractivity contribution in [2.75, 3.05) is 17.1 Å². The molecule has 0 aliphatic carbocycles. The van der Waals surface area contributed by atoms with E-state index in [9.17, 15) is 18.0 Å². The highest BCUT2D eigenvalue weighted by atomic mass is 35.5. The molecule has 0 radical (unpaired) electrons. The van der Waals surface area contributed by atoms with Gasteiger partial charge in [-0.15, -0.1) is 0 Å². The number of nitrogens with one attached hydrogen (secondary N) is 1. The zero-order valence-electron chi connectivity index (χ0n) is 26.6. The Bertz CT molecular complexity index is 1720. The molecule has 4 aromatic rings. The maximum atomic E-state index is 14.3. The van der Waals surface area contributed by atoms with Crippen LogP contribution in [0.2, 0.25) is 10.0 Å². The molecule has 0 unspecified atom stereocenters. The molecule has 47 heavy (non-hydrogen) atoms. The third-order valence-electron chi connectivity index (χ3n) is 7.71. The fourth-order valence-corrected chi connectivity index (χ4v) is 6.28. The van der Waals surface area contributed by atoms with Gasteiger partial charge in [0.1, 0.15) is 24.9 Å². The second-order valence-electron chi connectivity index (χ2n) is 11.3. The van der Waals surface area contributed by atoms with Crippen molar-refractivity contribution in [2.24, 2.45) is 0 Å². The van der Waals surface area contributed by atoms with Gasteiger partial charge < -0.3 is 15.0 Å².